The summed E-state index contributed by atoms with van der Waals surface area (Å²) in [5.74, 6) is 0. The topological polar surface area (TPSA) is 24.5 Å². The Bertz CT molecular complexity index is 419. The molecule has 106 valence electrons. The number of methoxy groups -OCH3 is 1. The highest BCUT2D eigenvalue weighted by Gasteiger charge is 2.19. The van der Waals surface area contributed by atoms with Crippen molar-refractivity contribution in [2.45, 2.75) is 38.8 Å². The van der Waals surface area contributed by atoms with E-state index in [1.807, 2.05) is 7.05 Å². The smallest absolute Gasteiger partial charge is 0.0718 e. The number of hydrogen-bond donors (Lipinski definition) is 1. The molecule has 2 atom stereocenters. The Morgan fingerprint density at radius 2 is 2.16 bits per heavy atom. The van der Waals surface area contributed by atoms with Crippen molar-refractivity contribution in [3.63, 3.8) is 0 Å². The fourth-order valence-electron chi connectivity index (χ4n) is 2.71. The van der Waals surface area contributed by atoms with Crippen LogP contribution in [0.4, 0.5) is 5.69 Å². The van der Waals surface area contributed by atoms with E-state index in [1.54, 1.807) is 7.11 Å². The van der Waals surface area contributed by atoms with Gasteiger partial charge >= 0.3 is 0 Å². The van der Waals surface area contributed by atoms with Gasteiger partial charge in [-0.2, -0.15) is 0 Å². The van der Waals surface area contributed by atoms with Gasteiger partial charge in [-0.3, -0.25) is 0 Å². The Balaban J connectivity index is 2.20. The molecule has 0 saturated heterocycles. The summed E-state index contributed by atoms with van der Waals surface area (Å²) < 4.78 is 5.40. The third kappa shape index (κ3) is 3.28. The van der Waals surface area contributed by atoms with E-state index in [-0.39, 0.29) is 6.10 Å². The number of anilines is 1. The molecule has 0 fully saturated rings. The lowest BCUT2D eigenvalue weighted by atomic mass is 9.96. The second-order valence-corrected chi connectivity index (χ2v) is 5.49. The monoisotopic (exact) mass is 262 g/mol. The summed E-state index contributed by atoms with van der Waals surface area (Å²) in [6.45, 7) is 6.45. The predicted octanol–water partition coefficient (Wildman–Crippen LogP) is 2.75. The Hall–Kier alpha value is -1.06. The summed E-state index contributed by atoms with van der Waals surface area (Å²) in [5, 5.41) is 3.31. The Morgan fingerprint density at radius 3 is 2.84 bits per heavy atom. The molecule has 0 radical (unpaired) electrons. The summed E-state index contributed by atoms with van der Waals surface area (Å²) in [6.07, 6.45) is 2.71. The van der Waals surface area contributed by atoms with Gasteiger partial charge in [-0.05, 0) is 50.9 Å². The molecule has 0 amide bonds. The first-order chi connectivity index (χ1) is 9.15. The van der Waals surface area contributed by atoms with Crippen LogP contribution in [0.15, 0.2) is 18.2 Å². The Morgan fingerprint density at radius 1 is 1.37 bits per heavy atom. The largest absolute Gasteiger partial charge is 0.380 e. The van der Waals surface area contributed by atoms with Crippen LogP contribution < -0.4 is 10.2 Å². The lowest BCUT2D eigenvalue weighted by molar-refractivity contribution is 0.123. The number of aryl methyl sites for hydroxylation is 1. The average Bonchev–Trinajstić information content (AvgIpc) is 2.46. The molecule has 3 heteroatoms. The molecule has 19 heavy (non-hydrogen) atoms. The van der Waals surface area contributed by atoms with Crippen molar-refractivity contribution in [2.24, 2.45) is 0 Å². The first-order valence-corrected chi connectivity index (χ1v) is 7.23. The maximum atomic E-state index is 5.40. The summed E-state index contributed by atoms with van der Waals surface area (Å²) in [4.78, 5) is 2.46. The van der Waals surface area contributed by atoms with Gasteiger partial charge in [-0.1, -0.05) is 12.1 Å². The number of benzene rings is 1. The van der Waals surface area contributed by atoms with E-state index in [0.717, 1.165) is 13.1 Å². The molecule has 3 nitrogen and oxygen atoms in total. The second kappa shape index (κ2) is 6.40. The van der Waals surface area contributed by atoms with Crippen LogP contribution in [0.1, 0.15) is 37.4 Å². The van der Waals surface area contributed by atoms with Crippen molar-refractivity contribution in [1.29, 1.82) is 0 Å². The van der Waals surface area contributed by atoms with Crippen LogP contribution in [-0.4, -0.2) is 33.4 Å². The molecule has 0 aliphatic carbocycles. The highest BCUT2D eigenvalue weighted by molar-refractivity contribution is 5.57. The van der Waals surface area contributed by atoms with Gasteiger partial charge in [0, 0.05) is 31.9 Å². The normalized spacial score (nSPS) is 18.0. The average molecular weight is 262 g/mol. The zero-order valence-corrected chi connectivity index (χ0v) is 12.6. The summed E-state index contributed by atoms with van der Waals surface area (Å²) >= 11 is 0. The van der Waals surface area contributed by atoms with E-state index in [2.05, 4.69) is 42.3 Å². The molecule has 0 aromatic heterocycles. The third-order valence-electron chi connectivity index (χ3n) is 4.13. The minimum Gasteiger partial charge on any atom is -0.380 e. The zero-order chi connectivity index (χ0) is 13.8. The quantitative estimate of drug-likeness (QED) is 0.883. The molecule has 1 N–H and O–H groups in total. The minimum absolute atomic E-state index is 0.279. The summed E-state index contributed by atoms with van der Waals surface area (Å²) in [7, 11) is 3.80. The lowest BCUT2D eigenvalue weighted by Crippen LogP contribution is -2.36. The van der Waals surface area contributed by atoms with Gasteiger partial charge in [0.25, 0.3) is 0 Å². The van der Waals surface area contributed by atoms with Gasteiger partial charge in [0.05, 0.1) is 6.10 Å². The molecule has 1 aromatic carbocycles. The van der Waals surface area contributed by atoms with Gasteiger partial charge < -0.3 is 15.0 Å². The summed E-state index contributed by atoms with van der Waals surface area (Å²) in [5.41, 5.74) is 4.25. The van der Waals surface area contributed by atoms with E-state index < -0.39 is 0 Å². The third-order valence-corrected chi connectivity index (χ3v) is 4.13. The summed E-state index contributed by atoms with van der Waals surface area (Å²) in [6, 6.07) is 7.30. The van der Waals surface area contributed by atoms with Gasteiger partial charge in [0.2, 0.25) is 0 Å². The molecular formula is C16H26N2O. The zero-order valence-electron chi connectivity index (χ0n) is 12.6. The predicted molar refractivity (Wildman–Crippen MR) is 80.9 cm³/mol. The van der Waals surface area contributed by atoms with Crippen molar-refractivity contribution in [1.82, 2.24) is 5.32 Å². The lowest BCUT2D eigenvalue weighted by Gasteiger charge is -2.33. The van der Waals surface area contributed by atoms with E-state index >= 15 is 0 Å². The van der Waals surface area contributed by atoms with Gasteiger partial charge in [0.15, 0.2) is 0 Å². The Labute approximate surface area is 116 Å². The van der Waals surface area contributed by atoms with Crippen LogP contribution in [-0.2, 0) is 11.2 Å². The fraction of sp³-hybridized carbons (Fsp3) is 0.625. The molecule has 1 aliphatic rings. The maximum Gasteiger partial charge on any atom is 0.0718 e. The number of nitrogens with one attached hydrogen (secondary N) is 1. The van der Waals surface area contributed by atoms with Crippen LogP contribution in [0, 0.1) is 0 Å². The molecule has 0 spiro atoms. The van der Waals surface area contributed by atoms with E-state index in [9.17, 15) is 0 Å². The molecule has 0 bridgehead atoms. The van der Waals surface area contributed by atoms with Crippen molar-refractivity contribution in [3.05, 3.63) is 29.3 Å². The molecule has 0 saturated carbocycles. The molecule has 1 aromatic rings. The van der Waals surface area contributed by atoms with Gasteiger partial charge in [0.1, 0.15) is 0 Å². The molecule has 1 heterocycles. The van der Waals surface area contributed by atoms with Crippen LogP contribution in [0.25, 0.3) is 0 Å². The minimum atomic E-state index is 0.279. The van der Waals surface area contributed by atoms with Crippen LogP contribution in [0.3, 0.4) is 0 Å². The van der Waals surface area contributed by atoms with E-state index in [1.165, 1.54) is 29.7 Å². The highest BCUT2D eigenvalue weighted by atomic mass is 16.5. The van der Waals surface area contributed by atoms with E-state index in [4.69, 9.17) is 4.74 Å². The Kier molecular flexibility index (Phi) is 4.83. The highest BCUT2D eigenvalue weighted by Crippen LogP contribution is 2.29. The second-order valence-electron chi connectivity index (χ2n) is 5.49. The van der Waals surface area contributed by atoms with Crippen LogP contribution >= 0.6 is 0 Å². The number of fused-ring (bicyclic) bond motifs is 1. The standard InChI is InChI=1S/C16H26N2O/c1-12(19-4)11-18-9-5-6-15-10-14(13(2)17-3)7-8-16(15)18/h7-8,10,12-13,17H,5-6,9,11H2,1-4H3. The number of nitrogens with zero attached hydrogens (tertiary/aromatic N) is 1. The van der Waals surface area contributed by atoms with Crippen molar-refractivity contribution < 1.29 is 4.74 Å². The number of ether oxygens (including phenoxy) is 1. The van der Waals surface area contributed by atoms with Crippen molar-refractivity contribution in [2.75, 3.05) is 32.1 Å². The molecule has 2 rings (SSSR count). The van der Waals surface area contributed by atoms with Gasteiger partial charge in [-0.25, -0.2) is 0 Å². The van der Waals surface area contributed by atoms with Crippen LogP contribution in [0.2, 0.25) is 0 Å². The first-order valence-electron chi connectivity index (χ1n) is 7.23. The fourth-order valence-corrected chi connectivity index (χ4v) is 2.71. The SMILES string of the molecule is CNC(C)c1ccc2c(c1)CCCN2CC(C)OC. The molecular weight excluding hydrogens is 236 g/mol. The van der Waals surface area contributed by atoms with Crippen LogP contribution in [0.5, 0.6) is 0 Å². The molecule has 2 unspecified atom stereocenters. The number of hydrogen-bond acceptors (Lipinski definition) is 3. The van der Waals surface area contributed by atoms with Crippen molar-refractivity contribution in [3.8, 4) is 0 Å². The van der Waals surface area contributed by atoms with Crippen molar-refractivity contribution >= 4 is 5.69 Å². The van der Waals surface area contributed by atoms with E-state index in [0.29, 0.717) is 6.04 Å². The number of rotatable bonds is 5. The maximum absolute atomic E-state index is 5.40. The molecule has 1 aliphatic heterocycles. The first kappa shape index (κ1) is 14.4. The van der Waals surface area contributed by atoms with Gasteiger partial charge in [-0.15, -0.1) is 0 Å².